The van der Waals surface area contributed by atoms with Crippen LogP contribution in [0.5, 0.6) is 0 Å². The second kappa shape index (κ2) is 6.71. The molecular weight excluding hydrogens is 280 g/mol. The van der Waals surface area contributed by atoms with Gasteiger partial charge in [-0.3, -0.25) is 0 Å². The highest BCUT2D eigenvalue weighted by atomic mass is 14.7. The molecule has 3 rings (SSSR count). The Morgan fingerprint density at radius 1 is 1.13 bits per heavy atom. The Morgan fingerprint density at radius 3 is 2.61 bits per heavy atom. The van der Waals surface area contributed by atoms with Gasteiger partial charge < -0.3 is 4.98 Å². The van der Waals surface area contributed by atoms with Crippen LogP contribution in [-0.4, -0.2) is 4.98 Å². The maximum atomic E-state index is 9.04. The topological polar surface area (TPSA) is 39.6 Å². The van der Waals surface area contributed by atoms with Crippen LogP contribution in [0.1, 0.15) is 47.9 Å². The van der Waals surface area contributed by atoms with Crippen molar-refractivity contribution in [3.8, 4) is 6.07 Å². The molecule has 0 bridgehead atoms. The molecule has 2 heteroatoms. The van der Waals surface area contributed by atoms with Gasteiger partial charge in [0, 0.05) is 29.4 Å². The number of nitrogens with zero attached hydrogens (tertiary/aromatic N) is 1. The highest BCUT2D eigenvalue weighted by Crippen LogP contribution is 2.35. The van der Waals surface area contributed by atoms with Gasteiger partial charge in [0.15, 0.2) is 0 Å². The van der Waals surface area contributed by atoms with E-state index in [0.717, 1.165) is 12.8 Å². The van der Waals surface area contributed by atoms with Crippen LogP contribution in [0, 0.1) is 18.3 Å². The van der Waals surface area contributed by atoms with E-state index in [0.29, 0.717) is 6.42 Å². The average molecular weight is 302 g/mol. The maximum absolute atomic E-state index is 9.04. The van der Waals surface area contributed by atoms with Gasteiger partial charge in [0.25, 0.3) is 0 Å². The molecule has 0 aliphatic carbocycles. The summed E-state index contributed by atoms with van der Waals surface area (Å²) in [6.45, 7) is 4.29. The average Bonchev–Trinajstić information content (AvgIpc) is 3.01. The standard InChI is InChI=1S/C21H22N2/c1-3-16-6-4-7-19-20(14-23-21(16)19)18(8-5-13-22)17-11-9-15(2)10-12-17/h4,6-7,9-12,14,18,23H,3,5,8H2,1-2H3. The highest BCUT2D eigenvalue weighted by molar-refractivity contribution is 5.87. The fourth-order valence-electron chi connectivity index (χ4n) is 3.33. The monoisotopic (exact) mass is 302 g/mol. The van der Waals surface area contributed by atoms with Crippen molar-refractivity contribution in [2.45, 2.75) is 39.0 Å². The Balaban J connectivity index is 2.10. The van der Waals surface area contributed by atoms with Gasteiger partial charge in [-0.25, -0.2) is 0 Å². The number of nitrogens with one attached hydrogen (secondary N) is 1. The molecule has 23 heavy (non-hydrogen) atoms. The van der Waals surface area contributed by atoms with E-state index < -0.39 is 0 Å². The molecule has 0 aliphatic heterocycles. The molecule has 0 radical (unpaired) electrons. The van der Waals surface area contributed by atoms with Crippen LogP contribution in [0.2, 0.25) is 0 Å². The summed E-state index contributed by atoms with van der Waals surface area (Å²) in [6, 6.07) is 17.5. The normalized spacial score (nSPS) is 12.2. The quantitative estimate of drug-likeness (QED) is 0.666. The van der Waals surface area contributed by atoms with Crippen molar-refractivity contribution in [3.63, 3.8) is 0 Å². The lowest BCUT2D eigenvalue weighted by Gasteiger charge is -2.16. The fraction of sp³-hybridized carbons (Fsp3) is 0.286. The molecule has 0 aliphatic rings. The first-order chi connectivity index (χ1) is 11.2. The smallest absolute Gasteiger partial charge is 0.0622 e. The number of benzene rings is 2. The van der Waals surface area contributed by atoms with Gasteiger partial charge in [-0.15, -0.1) is 0 Å². The summed E-state index contributed by atoms with van der Waals surface area (Å²) in [7, 11) is 0. The lowest BCUT2D eigenvalue weighted by Crippen LogP contribution is -2.00. The van der Waals surface area contributed by atoms with E-state index >= 15 is 0 Å². The third kappa shape index (κ3) is 3.00. The molecule has 1 N–H and O–H groups in total. The number of nitriles is 1. The molecule has 2 aromatic carbocycles. The Labute approximate surface area is 137 Å². The first-order valence-corrected chi connectivity index (χ1v) is 8.27. The molecular formula is C21H22N2. The van der Waals surface area contributed by atoms with Crippen LogP contribution in [-0.2, 0) is 6.42 Å². The summed E-state index contributed by atoms with van der Waals surface area (Å²) >= 11 is 0. The predicted octanol–water partition coefficient (Wildman–Crippen LogP) is 5.47. The van der Waals surface area contributed by atoms with E-state index in [4.69, 9.17) is 5.26 Å². The summed E-state index contributed by atoms with van der Waals surface area (Å²) in [5, 5.41) is 10.3. The van der Waals surface area contributed by atoms with Crippen LogP contribution in [0.15, 0.2) is 48.7 Å². The summed E-state index contributed by atoms with van der Waals surface area (Å²) in [5.41, 5.74) is 6.43. The highest BCUT2D eigenvalue weighted by Gasteiger charge is 2.18. The van der Waals surface area contributed by atoms with E-state index in [2.05, 4.69) is 73.6 Å². The molecule has 0 saturated carbocycles. The number of para-hydroxylation sites is 1. The van der Waals surface area contributed by atoms with Gasteiger partial charge in [0.1, 0.15) is 0 Å². The number of aromatic nitrogens is 1. The van der Waals surface area contributed by atoms with Crippen LogP contribution < -0.4 is 0 Å². The van der Waals surface area contributed by atoms with Crippen LogP contribution >= 0.6 is 0 Å². The third-order valence-corrected chi connectivity index (χ3v) is 4.61. The van der Waals surface area contributed by atoms with Crippen molar-refractivity contribution in [1.82, 2.24) is 4.98 Å². The Bertz CT molecular complexity index is 834. The maximum Gasteiger partial charge on any atom is 0.0622 e. The number of hydrogen-bond acceptors (Lipinski definition) is 1. The summed E-state index contributed by atoms with van der Waals surface area (Å²) in [6.07, 6.45) is 4.57. The first-order valence-electron chi connectivity index (χ1n) is 8.27. The van der Waals surface area contributed by atoms with E-state index in [1.54, 1.807) is 0 Å². The van der Waals surface area contributed by atoms with Crippen molar-refractivity contribution in [2.24, 2.45) is 0 Å². The van der Waals surface area contributed by atoms with Gasteiger partial charge >= 0.3 is 0 Å². The molecule has 0 fully saturated rings. The molecule has 1 unspecified atom stereocenters. The van der Waals surface area contributed by atoms with E-state index in [9.17, 15) is 0 Å². The Hall–Kier alpha value is -2.53. The predicted molar refractivity (Wildman–Crippen MR) is 95.5 cm³/mol. The second-order valence-electron chi connectivity index (χ2n) is 6.10. The van der Waals surface area contributed by atoms with Crippen LogP contribution in [0.4, 0.5) is 0 Å². The fourth-order valence-corrected chi connectivity index (χ4v) is 3.33. The van der Waals surface area contributed by atoms with Crippen molar-refractivity contribution >= 4 is 10.9 Å². The van der Waals surface area contributed by atoms with Gasteiger partial charge in [-0.2, -0.15) is 5.26 Å². The van der Waals surface area contributed by atoms with E-state index in [1.807, 2.05) is 0 Å². The minimum atomic E-state index is 0.260. The SMILES string of the molecule is CCc1cccc2c(C(CCC#N)c3ccc(C)cc3)c[nH]c12. The van der Waals surface area contributed by atoms with Crippen molar-refractivity contribution in [2.75, 3.05) is 0 Å². The molecule has 116 valence electrons. The molecule has 2 nitrogen and oxygen atoms in total. The summed E-state index contributed by atoms with van der Waals surface area (Å²) in [5.74, 6) is 0.260. The van der Waals surface area contributed by atoms with Gasteiger partial charge in [-0.05, 0) is 36.5 Å². The van der Waals surface area contributed by atoms with Crippen molar-refractivity contribution in [3.05, 3.63) is 70.9 Å². The van der Waals surface area contributed by atoms with Gasteiger partial charge in [0.05, 0.1) is 6.07 Å². The minimum Gasteiger partial charge on any atom is -0.361 e. The molecule has 0 amide bonds. The van der Waals surface area contributed by atoms with Gasteiger partial charge in [-0.1, -0.05) is 55.0 Å². The van der Waals surface area contributed by atoms with Crippen molar-refractivity contribution in [1.29, 1.82) is 5.26 Å². The molecule has 1 heterocycles. The number of aryl methyl sites for hydroxylation is 2. The van der Waals surface area contributed by atoms with Crippen molar-refractivity contribution < 1.29 is 0 Å². The van der Waals surface area contributed by atoms with E-state index in [-0.39, 0.29) is 5.92 Å². The number of fused-ring (bicyclic) bond motifs is 1. The molecule has 1 aromatic heterocycles. The Morgan fingerprint density at radius 2 is 1.91 bits per heavy atom. The zero-order chi connectivity index (χ0) is 16.2. The van der Waals surface area contributed by atoms with E-state index in [1.165, 1.54) is 33.2 Å². The molecule has 1 atom stereocenters. The zero-order valence-electron chi connectivity index (χ0n) is 13.8. The number of aromatic amines is 1. The lowest BCUT2D eigenvalue weighted by molar-refractivity contribution is 0.738. The van der Waals surface area contributed by atoms with Crippen LogP contribution in [0.25, 0.3) is 10.9 Å². The first kappa shape index (κ1) is 15.4. The zero-order valence-corrected chi connectivity index (χ0v) is 13.8. The summed E-state index contributed by atoms with van der Waals surface area (Å²) < 4.78 is 0. The number of rotatable bonds is 5. The minimum absolute atomic E-state index is 0.260. The van der Waals surface area contributed by atoms with Crippen LogP contribution in [0.3, 0.4) is 0 Å². The molecule has 3 aromatic rings. The second-order valence-corrected chi connectivity index (χ2v) is 6.10. The van der Waals surface area contributed by atoms with Gasteiger partial charge in [0.2, 0.25) is 0 Å². The Kier molecular flexibility index (Phi) is 4.48. The third-order valence-electron chi connectivity index (χ3n) is 4.61. The largest absolute Gasteiger partial charge is 0.361 e. The number of H-pyrrole nitrogens is 1. The number of hydrogen-bond donors (Lipinski definition) is 1. The summed E-state index contributed by atoms with van der Waals surface area (Å²) in [4.78, 5) is 3.46. The molecule has 0 spiro atoms. The molecule has 0 saturated heterocycles. The lowest BCUT2D eigenvalue weighted by atomic mass is 9.87.